The SMILES string of the molecule is Cc1[nH]c(-c2cc(-c3cncc(S(C)(=O)=O)c3)ccn2)nc1C(=O)N[C@H]1CCOC1.O=C(O)C(F)(F)F. The first-order valence-electron chi connectivity index (χ1n) is 10.6. The Labute approximate surface area is 209 Å². The number of aromatic nitrogens is 4. The lowest BCUT2D eigenvalue weighted by atomic mass is 10.1. The molecular weight excluding hydrogens is 519 g/mol. The molecule has 1 aliphatic heterocycles. The Morgan fingerprint density at radius 3 is 2.51 bits per heavy atom. The second-order valence-corrected chi connectivity index (χ2v) is 10.0. The highest BCUT2D eigenvalue weighted by atomic mass is 32.2. The summed E-state index contributed by atoms with van der Waals surface area (Å²) >= 11 is 0. The van der Waals surface area contributed by atoms with Crippen LogP contribution in [0.1, 0.15) is 22.6 Å². The molecule has 0 spiro atoms. The van der Waals surface area contributed by atoms with Crippen LogP contribution in [0.4, 0.5) is 13.2 Å². The number of carbonyl (C=O) groups excluding carboxylic acids is 1. The molecule has 37 heavy (non-hydrogen) atoms. The maximum Gasteiger partial charge on any atom is 0.490 e. The van der Waals surface area contributed by atoms with Gasteiger partial charge in [-0.15, -0.1) is 0 Å². The summed E-state index contributed by atoms with van der Waals surface area (Å²) < 4.78 is 60.7. The van der Waals surface area contributed by atoms with Gasteiger partial charge in [0.05, 0.1) is 17.5 Å². The van der Waals surface area contributed by atoms with Gasteiger partial charge in [0.25, 0.3) is 5.91 Å². The first kappa shape index (κ1) is 27.7. The minimum absolute atomic E-state index is 0.00637. The van der Waals surface area contributed by atoms with Crippen molar-refractivity contribution in [1.82, 2.24) is 25.3 Å². The van der Waals surface area contributed by atoms with Crippen molar-refractivity contribution < 1.29 is 41.0 Å². The fourth-order valence-corrected chi connectivity index (χ4v) is 3.82. The predicted molar refractivity (Wildman–Crippen MR) is 123 cm³/mol. The van der Waals surface area contributed by atoms with E-state index in [2.05, 4.69) is 25.3 Å². The molecule has 0 saturated carbocycles. The van der Waals surface area contributed by atoms with E-state index in [0.29, 0.717) is 41.7 Å². The minimum Gasteiger partial charge on any atom is -0.475 e. The fraction of sp³-hybridized carbons (Fsp3) is 0.318. The number of aryl methyl sites for hydroxylation is 1. The van der Waals surface area contributed by atoms with Crippen LogP contribution < -0.4 is 5.32 Å². The lowest BCUT2D eigenvalue weighted by Gasteiger charge is -2.09. The third-order valence-electron chi connectivity index (χ3n) is 5.08. The molecule has 3 N–H and O–H groups in total. The molecule has 0 aromatic carbocycles. The van der Waals surface area contributed by atoms with E-state index in [0.717, 1.165) is 18.2 Å². The topological polar surface area (TPSA) is 164 Å². The van der Waals surface area contributed by atoms with Gasteiger partial charge in [0.2, 0.25) is 0 Å². The summed E-state index contributed by atoms with van der Waals surface area (Å²) in [7, 11) is -3.37. The molecule has 198 valence electrons. The number of sulfone groups is 1. The van der Waals surface area contributed by atoms with E-state index in [-0.39, 0.29) is 16.8 Å². The van der Waals surface area contributed by atoms with Crippen LogP contribution in [-0.2, 0) is 19.4 Å². The number of carboxylic acids is 1. The molecule has 0 bridgehead atoms. The Morgan fingerprint density at radius 2 is 1.92 bits per heavy atom. The molecule has 1 fully saturated rings. The number of halogens is 3. The van der Waals surface area contributed by atoms with Crippen LogP contribution in [0, 0.1) is 6.92 Å². The molecule has 1 amide bonds. The molecule has 3 aromatic heterocycles. The van der Waals surface area contributed by atoms with Crippen molar-refractivity contribution >= 4 is 21.7 Å². The van der Waals surface area contributed by atoms with Crippen molar-refractivity contribution in [2.24, 2.45) is 0 Å². The van der Waals surface area contributed by atoms with Gasteiger partial charge in [-0.2, -0.15) is 13.2 Å². The molecule has 4 rings (SSSR count). The third kappa shape index (κ3) is 7.33. The number of hydrogen-bond donors (Lipinski definition) is 3. The van der Waals surface area contributed by atoms with E-state index < -0.39 is 22.0 Å². The van der Waals surface area contributed by atoms with Gasteiger partial charge in [-0.25, -0.2) is 18.2 Å². The van der Waals surface area contributed by atoms with E-state index in [1.54, 1.807) is 37.5 Å². The van der Waals surface area contributed by atoms with Crippen molar-refractivity contribution in [3.05, 3.63) is 48.2 Å². The first-order chi connectivity index (χ1) is 17.3. The Hall–Kier alpha value is -3.85. The average Bonchev–Trinajstić information content (AvgIpc) is 3.48. The van der Waals surface area contributed by atoms with Crippen LogP contribution in [0.25, 0.3) is 22.6 Å². The molecule has 11 nitrogen and oxygen atoms in total. The lowest BCUT2D eigenvalue weighted by Crippen LogP contribution is -2.35. The van der Waals surface area contributed by atoms with Crippen molar-refractivity contribution in [2.75, 3.05) is 19.5 Å². The molecular formula is C22H22F3N5O6S. The van der Waals surface area contributed by atoms with Crippen molar-refractivity contribution in [2.45, 2.75) is 30.5 Å². The van der Waals surface area contributed by atoms with Gasteiger partial charge >= 0.3 is 12.1 Å². The number of alkyl halides is 3. The van der Waals surface area contributed by atoms with Gasteiger partial charge < -0.3 is 20.1 Å². The summed E-state index contributed by atoms with van der Waals surface area (Å²) in [6.07, 6.45) is 1.35. The number of hydrogen-bond acceptors (Lipinski definition) is 8. The molecule has 1 aliphatic rings. The normalized spacial score (nSPS) is 15.5. The molecule has 0 radical (unpaired) electrons. The number of amides is 1. The predicted octanol–water partition coefficient (Wildman–Crippen LogP) is 2.40. The molecule has 4 heterocycles. The maximum absolute atomic E-state index is 12.6. The standard InChI is InChI=1S/C20H21N5O4S.C2HF3O2/c1-12-18(20(26)24-15-4-6-29-11-15)25-19(23-12)17-8-13(3-5-22-17)14-7-16(10-21-9-14)30(2,27)28;3-2(4,5)1(6)7/h3,5,7-10,15H,4,6,11H2,1-2H3,(H,23,25)(H,24,26);(H,6,7)/t15-;/m0./s1. The Bertz CT molecular complexity index is 1400. The van der Waals surface area contributed by atoms with Gasteiger partial charge in [-0.3, -0.25) is 14.8 Å². The second-order valence-electron chi connectivity index (χ2n) is 8.01. The average molecular weight is 542 g/mol. The monoisotopic (exact) mass is 541 g/mol. The molecule has 0 unspecified atom stereocenters. The smallest absolute Gasteiger partial charge is 0.475 e. The molecule has 3 aromatic rings. The fourth-order valence-electron chi connectivity index (χ4n) is 3.22. The summed E-state index contributed by atoms with van der Waals surface area (Å²) in [6.45, 7) is 2.92. The number of aromatic amines is 1. The van der Waals surface area contributed by atoms with E-state index in [1.807, 2.05) is 0 Å². The van der Waals surface area contributed by atoms with Crippen LogP contribution in [0.5, 0.6) is 0 Å². The first-order valence-corrected chi connectivity index (χ1v) is 12.5. The number of carboxylic acid groups (broad SMARTS) is 1. The number of nitrogens with one attached hydrogen (secondary N) is 2. The highest BCUT2D eigenvalue weighted by Gasteiger charge is 2.38. The Kier molecular flexibility index (Phi) is 8.28. The Balaban J connectivity index is 0.000000479. The number of carbonyl (C=O) groups is 2. The van der Waals surface area contributed by atoms with Crippen LogP contribution in [0.2, 0.25) is 0 Å². The summed E-state index contributed by atoms with van der Waals surface area (Å²) in [5, 5.41) is 10.1. The zero-order valence-electron chi connectivity index (χ0n) is 19.5. The highest BCUT2D eigenvalue weighted by molar-refractivity contribution is 7.90. The summed E-state index contributed by atoms with van der Waals surface area (Å²) in [4.78, 5) is 37.5. The van der Waals surface area contributed by atoms with E-state index in [4.69, 9.17) is 14.6 Å². The van der Waals surface area contributed by atoms with Gasteiger partial charge in [0.15, 0.2) is 15.7 Å². The van der Waals surface area contributed by atoms with Crippen LogP contribution in [0.3, 0.4) is 0 Å². The molecule has 15 heteroatoms. The summed E-state index contributed by atoms with van der Waals surface area (Å²) in [5.41, 5.74) is 2.85. The number of ether oxygens (including phenoxy) is 1. The second kappa shape index (κ2) is 11.0. The number of rotatable bonds is 5. The van der Waals surface area contributed by atoms with Crippen molar-refractivity contribution in [3.63, 3.8) is 0 Å². The van der Waals surface area contributed by atoms with Crippen LogP contribution in [0.15, 0.2) is 41.7 Å². The lowest BCUT2D eigenvalue weighted by molar-refractivity contribution is -0.192. The van der Waals surface area contributed by atoms with Crippen molar-refractivity contribution in [3.8, 4) is 22.6 Å². The van der Waals surface area contributed by atoms with E-state index in [9.17, 15) is 26.4 Å². The zero-order valence-corrected chi connectivity index (χ0v) is 20.4. The van der Waals surface area contributed by atoms with E-state index >= 15 is 0 Å². The van der Waals surface area contributed by atoms with E-state index in [1.165, 1.54) is 6.20 Å². The van der Waals surface area contributed by atoms with Gasteiger partial charge in [-0.05, 0) is 37.1 Å². The molecule has 0 aliphatic carbocycles. The Morgan fingerprint density at radius 1 is 1.22 bits per heavy atom. The largest absolute Gasteiger partial charge is 0.490 e. The number of imidazole rings is 1. The quantitative estimate of drug-likeness (QED) is 0.440. The van der Waals surface area contributed by atoms with Gasteiger partial charge in [-0.1, -0.05) is 0 Å². The molecule has 1 atom stereocenters. The van der Waals surface area contributed by atoms with Gasteiger partial charge in [0.1, 0.15) is 11.4 Å². The number of pyridine rings is 2. The van der Waals surface area contributed by atoms with Crippen LogP contribution >= 0.6 is 0 Å². The summed E-state index contributed by atoms with van der Waals surface area (Å²) in [6, 6.07) is 5.09. The third-order valence-corrected chi connectivity index (χ3v) is 6.16. The van der Waals surface area contributed by atoms with Crippen molar-refractivity contribution in [1.29, 1.82) is 0 Å². The van der Waals surface area contributed by atoms with Gasteiger partial charge in [0, 0.05) is 42.7 Å². The number of nitrogens with zero attached hydrogens (tertiary/aromatic N) is 3. The molecule has 1 saturated heterocycles. The number of aliphatic carboxylic acids is 1. The highest BCUT2D eigenvalue weighted by Crippen LogP contribution is 2.25. The minimum atomic E-state index is -5.08. The van der Waals surface area contributed by atoms with Crippen LogP contribution in [-0.4, -0.2) is 77.0 Å². The zero-order chi connectivity index (χ0) is 27.4. The summed E-state index contributed by atoms with van der Waals surface area (Å²) in [5.74, 6) is -2.56. The number of H-pyrrole nitrogens is 1. The maximum atomic E-state index is 12.6.